The number of hydrogen-bond acceptors (Lipinski definition) is 3. The van der Waals surface area contributed by atoms with Crippen LogP contribution in [-0.2, 0) is 0 Å². The van der Waals surface area contributed by atoms with E-state index in [0.29, 0.717) is 0 Å². The van der Waals surface area contributed by atoms with Crippen LogP contribution in [0.2, 0.25) is 0 Å². The standard InChI is InChI=1S/C34H50O2S/c1-3-5-6-7-8-9-10-11-12-13-14-15-16-17-27-36-32-20-18-19-30(29-32)21-26-34(35)31-22-24-33(25-23-31)37-28-4-2/h18-26,29H,3-17,27-28H2,1-2H3/b26-21+. The maximum Gasteiger partial charge on any atom is 0.185 e. The molecular formula is C34H50O2S. The molecule has 3 heteroatoms. The summed E-state index contributed by atoms with van der Waals surface area (Å²) in [6.07, 6.45) is 23.8. The van der Waals surface area contributed by atoms with Gasteiger partial charge in [0.05, 0.1) is 6.61 Å². The lowest BCUT2D eigenvalue weighted by atomic mass is 10.0. The minimum atomic E-state index is 0.0285. The van der Waals surface area contributed by atoms with Gasteiger partial charge in [-0.2, -0.15) is 0 Å². The fraction of sp³-hybridized carbons (Fsp3) is 0.559. The van der Waals surface area contributed by atoms with Gasteiger partial charge in [-0.05, 0) is 66.6 Å². The fourth-order valence-corrected chi connectivity index (χ4v) is 5.17. The molecule has 0 aromatic heterocycles. The molecule has 0 atom stereocenters. The number of rotatable bonds is 22. The van der Waals surface area contributed by atoms with Crippen LogP contribution >= 0.6 is 11.8 Å². The van der Waals surface area contributed by atoms with Gasteiger partial charge >= 0.3 is 0 Å². The fourth-order valence-electron chi connectivity index (χ4n) is 4.40. The van der Waals surface area contributed by atoms with Crippen molar-refractivity contribution in [2.24, 2.45) is 0 Å². The number of allylic oxidation sites excluding steroid dienone is 1. The molecule has 37 heavy (non-hydrogen) atoms. The summed E-state index contributed by atoms with van der Waals surface area (Å²) in [5, 5.41) is 0. The molecule has 0 saturated carbocycles. The average molecular weight is 523 g/mol. The first-order valence-corrected chi connectivity index (χ1v) is 15.9. The molecule has 2 aromatic rings. The Morgan fingerprint density at radius 2 is 1.32 bits per heavy atom. The van der Waals surface area contributed by atoms with Crippen LogP contribution in [0.4, 0.5) is 0 Å². The van der Waals surface area contributed by atoms with Crippen LogP contribution < -0.4 is 4.74 Å². The number of hydrogen-bond donors (Lipinski definition) is 0. The van der Waals surface area contributed by atoms with Crippen molar-refractivity contribution < 1.29 is 9.53 Å². The van der Waals surface area contributed by atoms with Crippen LogP contribution in [0.3, 0.4) is 0 Å². The van der Waals surface area contributed by atoms with Crippen molar-refractivity contribution in [1.82, 2.24) is 0 Å². The Labute approximate surface area is 231 Å². The zero-order chi connectivity index (χ0) is 26.4. The van der Waals surface area contributed by atoms with Crippen LogP contribution in [0.1, 0.15) is 126 Å². The molecule has 0 N–H and O–H groups in total. The Kier molecular flexibility index (Phi) is 17.7. The van der Waals surface area contributed by atoms with Crippen molar-refractivity contribution in [3.05, 3.63) is 65.7 Å². The zero-order valence-corrected chi connectivity index (χ0v) is 24.3. The number of carbonyl (C=O) groups is 1. The van der Waals surface area contributed by atoms with Crippen molar-refractivity contribution in [3.8, 4) is 5.75 Å². The molecule has 0 amide bonds. The molecule has 0 spiro atoms. The first-order valence-electron chi connectivity index (χ1n) is 14.9. The summed E-state index contributed by atoms with van der Waals surface area (Å²) in [4.78, 5) is 13.7. The van der Waals surface area contributed by atoms with Crippen molar-refractivity contribution in [1.29, 1.82) is 0 Å². The van der Waals surface area contributed by atoms with Gasteiger partial charge in [0.2, 0.25) is 0 Å². The minimum Gasteiger partial charge on any atom is -0.494 e. The molecular weight excluding hydrogens is 472 g/mol. The van der Waals surface area contributed by atoms with E-state index in [1.807, 2.05) is 66.4 Å². The summed E-state index contributed by atoms with van der Waals surface area (Å²) in [6, 6.07) is 15.9. The summed E-state index contributed by atoms with van der Waals surface area (Å²) in [6.45, 7) is 5.22. The summed E-state index contributed by atoms with van der Waals surface area (Å²) in [5.74, 6) is 2.01. The van der Waals surface area contributed by atoms with Crippen molar-refractivity contribution >= 4 is 23.6 Å². The van der Waals surface area contributed by atoms with Gasteiger partial charge in [0.25, 0.3) is 0 Å². The number of ether oxygens (including phenoxy) is 1. The molecule has 0 aliphatic heterocycles. The molecule has 0 fully saturated rings. The van der Waals surface area contributed by atoms with E-state index >= 15 is 0 Å². The molecule has 204 valence electrons. The van der Waals surface area contributed by atoms with E-state index in [1.165, 1.54) is 88.4 Å². The van der Waals surface area contributed by atoms with Crippen molar-refractivity contribution in [3.63, 3.8) is 0 Å². The molecule has 0 saturated heterocycles. The van der Waals surface area contributed by atoms with Gasteiger partial charge in [-0.25, -0.2) is 0 Å². The summed E-state index contributed by atoms with van der Waals surface area (Å²) in [7, 11) is 0. The highest BCUT2D eigenvalue weighted by Crippen LogP contribution is 2.20. The van der Waals surface area contributed by atoms with Gasteiger partial charge < -0.3 is 4.74 Å². The first-order chi connectivity index (χ1) is 18.2. The van der Waals surface area contributed by atoms with Gasteiger partial charge in [-0.15, -0.1) is 11.8 Å². The Balaban J connectivity index is 1.54. The quantitative estimate of drug-likeness (QED) is 0.0665. The van der Waals surface area contributed by atoms with Gasteiger partial charge in [-0.1, -0.05) is 116 Å². The largest absolute Gasteiger partial charge is 0.494 e. The highest BCUT2D eigenvalue weighted by atomic mass is 32.2. The highest BCUT2D eigenvalue weighted by molar-refractivity contribution is 7.99. The molecule has 2 aromatic carbocycles. The molecule has 0 bridgehead atoms. The molecule has 0 radical (unpaired) electrons. The van der Waals surface area contributed by atoms with Gasteiger partial charge in [0, 0.05) is 10.5 Å². The number of benzene rings is 2. The second-order valence-corrected chi connectivity index (χ2v) is 11.3. The highest BCUT2D eigenvalue weighted by Gasteiger charge is 2.03. The Bertz CT molecular complexity index is 872. The topological polar surface area (TPSA) is 26.3 Å². The molecule has 0 aliphatic rings. The summed E-state index contributed by atoms with van der Waals surface area (Å²) < 4.78 is 5.97. The Morgan fingerprint density at radius 3 is 1.92 bits per heavy atom. The van der Waals surface area contributed by atoms with E-state index in [2.05, 4.69) is 13.8 Å². The number of carbonyl (C=O) groups excluding carboxylic acids is 1. The maximum absolute atomic E-state index is 12.5. The third kappa shape index (κ3) is 15.1. The van der Waals surface area contributed by atoms with E-state index in [4.69, 9.17) is 4.74 Å². The molecule has 0 aliphatic carbocycles. The minimum absolute atomic E-state index is 0.0285. The van der Waals surface area contributed by atoms with Crippen molar-refractivity contribution in [2.45, 2.75) is 115 Å². The van der Waals surface area contributed by atoms with Crippen LogP contribution in [0.5, 0.6) is 5.75 Å². The van der Waals surface area contributed by atoms with Gasteiger partial charge in [-0.3, -0.25) is 4.79 Å². The van der Waals surface area contributed by atoms with Gasteiger partial charge in [0.15, 0.2) is 5.78 Å². The van der Waals surface area contributed by atoms with E-state index in [0.717, 1.165) is 42.1 Å². The second kappa shape index (κ2) is 21.0. The van der Waals surface area contributed by atoms with E-state index in [-0.39, 0.29) is 5.78 Å². The molecule has 2 rings (SSSR count). The Hall–Kier alpha value is -2.00. The smallest absolute Gasteiger partial charge is 0.185 e. The van der Waals surface area contributed by atoms with Crippen LogP contribution in [-0.4, -0.2) is 18.1 Å². The maximum atomic E-state index is 12.5. The van der Waals surface area contributed by atoms with E-state index in [1.54, 1.807) is 6.08 Å². The molecule has 0 unspecified atom stereocenters. The SMILES string of the molecule is CCCCCCCCCCCCCCCCOc1cccc(/C=C/C(=O)c2ccc(SCCC)cc2)c1. The zero-order valence-electron chi connectivity index (χ0n) is 23.5. The number of thioether (sulfide) groups is 1. The van der Waals surface area contributed by atoms with Crippen LogP contribution in [0, 0.1) is 0 Å². The summed E-state index contributed by atoms with van der Waals surface area (Å²) in [5.41, 5.74) is 1.71. The summed E-state index contributed by atoms with van der Waals surface area (Å²) >= 11 is 1.83. The third-order valence-electron chi connectivity index (χ3n) is 6.66. The average Bonchev–Trinajstić information content (AvgIpc) is 2.93. The third-order valence-corrected chi connectivity index (χ3v) is 7.88. The molecule has 2 nitrogen and oxygen atoms in total. The van der Waals surface area contributed by atoms with E-state index < -0.39 is 0 Å². The lowest BCUT2D eigenvalue weighted by Crippen LogP contribution is -1.97. The number of ketones is 1. The normalized spacial score (nSPS) is 11.3. The predicted molar refractivity (Wildman–Crippen MR) is 163 cm³/mol. The van der Waals surface area contributed by atoms with Crippen molar-refractivity contribution in [2.75, 3.05) is 12.4 Å². The van der Waals surface area contributed by atoms with Crippen LogP contribution in [0.25, 0.3) is 6.08 Å². The lowest BCUT2D eigenvalue weighted by Gasteiger charge is -2.07. The van der Waals surface area contributed by atoms with Crippen LogP contribution in [0.15, 0.2) is 59.5 Å². The lowest BCUT2D eigenvalue weighted by molar-refractivity contribution is 0.104. The van der Waals surface area contributed by atoms with E-state index in [9.17, 15) is 4.79 Å². The van der Waals surface area contributed by atoms with Gasteiger partial charge in [0.1, 0.15) is 5.75 Å². The second-order valence-electron chi connectivity index (χ2n) is 10.1. The monoisotopic (exact) mass is 522 g/mol. The predicted octanol–water partition coefficient (Wildman–Crippen LogP) is 10.9. The molecule has 0 heterocycles. The first kappa shape index (κ1) is 31.2. The Morgan fingerprint density at radius 1 is 0.730 bits per heavy atom. The number of unbranched alkanes of at least 4 members (excludes halogenated alkanes) is 13.